The Labute approximate surface area is 123 Å². The van der Waals surface area contributed by atoms with Gasteiger partial charge < -0.3 is 11.1 Å². The molecule has 18 heavy (non-hydrogen) atoms. The molecule has 1 aromatic carbocycles. The Balaban J connectivity index is 2.21. The highest BCUT2D eigenvalue weighted by Crippen LogP contribution is 2.29. The lowest BCUT2D eigenvalue weighted by Crippen LogP contribution is -2.08. The van der Waals surface area contributed by atoms with Crippen LogP contribution in [-0.2, 0) is 0 Å². The number of thiazole rings is 1. The van der Waals surface area contributed by atoms with E-state index in [1.165, 1.54) is 6.07 Å². The SMILES string of the molecule is Cc1cnc(C(C)Nc2cc(F)c(I)cc2N)s1. The van der Waals surface area contributed by atoms with Gasteiger partial charge in [0, 0.05) is 17.1 Å². The maximum atomic E-state index is 13.5. The van der Waals surface area contributed by atoms with Crippen LogP contribution >= 0.6 is 33.9 Å². The molecule has 3 nitrogen and oxygen atoms in total. The van der Waals surface area contributed by atoms with Gasteiger partial charge in [-0.1, -0.05) is 0 Å². The summed E-state index contributed by atoms with van der Waals surface area (Å²) >= 11 is 3.54. The van der Waals surface area contributed by atoms with Crippen molar-refractivity contribution >= 4 is 45.3 Å². The molecule has 0 spiro atoms. The number of hydrogen-bond acceptors (Lipinski definition) is 4. The Bertz CT molecular complexity index is 570. The predicted octanol–water partition coefficient (Wildman–Crippen LogP) is 3.95. The standard InChI is InChI=1S/C12H13FIN3S/c1-6-5-16-12(18-6)7(2)17-11-3-8(13)9(14)4-10(11)15/h3-5,7,17H,15H2,1-2H3. The van der Waals surface area contributed by atoms with E-state index in [-0.39, 0.29) is 11.9 Å². The lowest BCUT2D eigenvalue weighted by atomic mass is 10.2. The number of rotatable bonds is 3. The molecular formula is C12H13FIN3S. The van der Waals surface area contributed by atoms with E-state index in [1.807, 2.05) is 42.6 Å². The van der Waals surface area contributed by atoms with Crippen LogP contribution in [0.5, 0.6) is 0 Å². The summed E-state index contributed by atoms with van der Waals surface area (Å²) in [4.78, 5) is 5.45. The van der Waals surface area contributed by atoms with E-state index in [2.05, 4.69) is 10.3 Å². The summed E-state index contributed by atoms with van der Waals surface area (Å²) in [7, 11) is 0. The van der Waals surface area contributed by atoms with E-state index >= 15 is 0 Å². The fourth-order valence-electron chi connectivity index (χ4n) is 1.55. The number of benzene rings is 1. The quantitative estimate of drug-likeness (QED) is 0.629. The van der Waals surface area contributed by atoms with Gasteiger partial charge in [-0.25, -0.2) is 9.37 Å². The minimum Gasteiger partial charge on any atom is -0.397 e. The van der Waals surface area contributed by atoms with Gasteiger partial charge in [-0.3, -0.25) is 0 Å². The number of aryl methyl sites for hydroxylation is 1. The molecule has 0 fully saturated rings. The van der Waals surface area contributed by atoms with Crippen molar-refractivity contribution in [3.05, 3.63) is 37.6 Å². The van der Waals surface area contributed by atoms with Crippen molar-refractivity contribution in [2.75, 3.05) is 11.1 Å². The maximum Gasteiger partial charge on any atom is 0.138 e. The summed E-state index contributed by atoms with van der Waals surface area (Å²) in [6, 6.07) is 3.05. The topological polar surface area (TPSA) is 50.9 Å². The Morgan fingerprint density at radius 2 is 2.22 bits per heavy atom. The van der Waals surface area contributed by atoms with Crippen LogP contribution in [0.2, 0.25) is 0 Å². The average molecular weight is 377 g/mol. The van der Waals surface area contributed by atoms with Crippen molar-refractivity contribution in [3.63, 3.8) is 0 Å². The molecule has 0 bridgehead atoms. The molecule has 1 aromatic heterocycles. The van der Waals surface area contributed by atoms with Gasteiger partial charge in [-0.05, 0) is 42.5 Å². The summed E-state index contributed by atoms with van der Waals surface area (Å²) in [5.74, 6) is -0.269. The first-order valence-electron chi connectivity index (χ1n) is 5.40. The molecule has 0 aliphatic rings. The maximum absolute atomic E-state index is 13.5. The van der Waals surface area contributed by atoms with Crippen LogP contribution in [0.3, 0.4) is 0 Å². The summed E-state index contributed by atoms with van der Waals surface area (Å²) in [5.41, 5.74) is 7.02. The largest absolute Gasteiger partial charge is 0.397 e. The summed E-state index contributed by atoms with van der Waals surface area (Å²) in [6.07, 6.45) is 1.83. The molecule has 1 heterocycles. The van der Waals surface area contributed by atoms with Crippen molar-refractivity contribution in [2.24, 2.45) is 0 Å². The van der Waals surface area contributed by atoms with Gasteiger partial charge in [0.1, 0.15) is 10.8 Å². The van der Waals surface area contributed by atoms with E-state index in [9.17, 15) is 4.39 Å². The zero-order valence-corrected chi connectivity index (χ0v) is 13.0. The fourth-order valence-corrected chi connectivity index (χ4v) is 2.82. The Kier molecular flexibility index (Phi) is 4.06. The first-order chi connectivity index (χ1) is 8.47. The van der Waals surface area contributed by atoms with Crippen molar-refractivity contribution < 1.29 is 4.39 Å². The number of halogens is 2. The highest BCUT2D eigenvalue weighted by Gasteiger charge is 2.12. The van der Waals surface area contributed by atoms with Gasteiger partial charge in [-0.15, -0.1) is 11.3 Å². The normalized spacial score (nSPS) is 12.4. The van der Waals surface area contributed by atoms with Gasteiger partial charge in [-0.2, -0.15) is 0 Å². The molecule has 0 aliphatic heterocycles. The number of nitrogens with one attached hydrogen (secondary N) is 1. The van der Waals surface area contributed by atoms with Crippen molar-refractivity contribution in [1.29, 1.82) is 0 Å². The zero-order chi connectivity index (χ0) is 13.3. The molecule has 1 atom stereocenters. The molecule has 0 saturated carbocycles. The van der Waals surface area contributed by atoms with E-state index in [1.54, 1.807) is 17.4 Å². The third-order valence-corrected chi connectivity index (χ3v) is 4.40. The van der Waals surface area contributed by atoms with Gasteiger partial charge in [0.2, 0.25) is 0 Å². The number of aromatic nitrogens is 1. The molecule has 2 aromatic rings. The Morgan fingerprint density at radius 1 is 1.50 bits per heavy atom. The van der Waals surface area contributed by atoms with Crippen molar-refractivity contribution in [3.8, 4) is 0 Å². The summed E-state index contributed by atoms with van der Waals surface area (Å²) in [6.45, 7) is 3.99. The van der Waals surface area contributed by atoms with Crippen molar-refractivity contribution in [1.82, 2.24) is 4.98 Å². The zero-order valence-electron chi connectivity index (χ0n) is 10.00. The minimum atomic E-state index is -0.269. The number of hydrogen-bond donors (Lipinski definition) is 2. The third kappa shape index (κ3) is 2.92. The van der Waals surface area contributed by atoms with Crippen LogP contribution in [-0.4, -0.2) is 4.98 Å². The average Bonchev–Trinajstić information content (AvgIpc) is 2.73. The second-order valence-corrected chi connectivity index (χ2v) is 6.46. The van der Waals surface area contributed by atoms with Crippen LogP contribution in [0.1, 0.15) is 22.9 Å². The Hall–Kier alpha value is -0.890. The summed E-state index contributed by atoms with van der Waals surface area (Å²) < 4.78 is 14.0. The minimum absolute atomic E-state index is 0.00506. The molecule has 0 amide bonds. The molecule has 3 N–H and O–H groups in total. The molecule has 0 saturated heterocycles. The second kappa shape index (κ2) is 5.40. The number of anilines is 2. The van der Waals surface area contributed by atoms with Crippen molar-refractivity contribution in [2.45, 2.75) is 19.9 Å². The highest BCUT2D eigenvalue weighted by molar-refractivity contribution is 14.1. The third-order valence-electron chi connectivity index (χ3n) is 2.47. The van der Waals surface area contributed by atoms with E-state index < -0.39 is 0 Å². The molecule has 2 rings (SSSR count). The second-order valence-electron chi connectivity index (χ2n) is 4.03. The molecule has 96 valence electrons. The molecule has 0 aliphatic carbocycles. The number of nitrogens with two attached hydrogens (primary N) is 1. The molecule has 1 unspecified atom stereocenters. The van der Waals surface area contributed by atoms with E-state index in [0.29, 0.717) is 14.9 Å². The van der Waals surface area contributed by atoms with Gasteiger partial charge in [0.25, 0.3) is 0 Å². The lowest BCUT2D eigenvalue weighted by Gasteiger charge is -2.15. The fraction of sp³-hybridized carbons (Fsp3) is 0.250. The van der Waals surface area contributed by atoms with Crippen LogP contribution in [0.25, 0.3) is 0 Å². The molecule has 0 radical (unpaired) electrons. The van der Waals surface area contributed by atoms with E-state index in [0.717, 1.165) is 9.88 Å². The first kappa shape index (κ1) is 13.5. The lowest BCUT2D eigenvalue weighted by molar-refractivity contribution is 0.620. The number of nitrogens with zero attached hydrogens (tertiary/aromatic N) is 1. The van der Waals surface area contributed by atoms with E-state index in [4.69, 9.17) is 5.73 Å². The van der Waals surface area contributed by atoms with Gasteiger partial charge >= 0.3 is 0 Å². The van der Waals surface area contributed by atoms with Crippen LogP contribution in [0.4, 0.5) is 15.8 Å². The summed E-state index contributed by atoms with van der Waals surface area (Å²) in [5, 5.41) is 4.15. The monoisotopic (exact) mass is 377 g/mol. The Morgan fingerprint density at radius 3 is 2.83 bits per heavy atom. The van der Waals surface area contributed by atoms with Gasteiger partial charge in [0.05, 0.1) is 21.0 Å². The molecule has 6 heteroatoms. The number of nitrogen functional groups attached to an aromatic ring is 1. The highest BCUT2D eigenvalue weighted by atomic mass is 127. The molecular weight excluding hydrogens is 364 g/mol. The van der Waals surface area contributed by atoms with Crippen LogP contribution < -0.4 is 11.1 Å². The predicted molar refractivity (Wildman–Crippen MR) is 82.4 cm³/mol. The smallest absolute Gasteiger partial charge is 0.138 e. The van der Waals surface area contributed by atoms with Crippen LogP contribution in [0.15, 0.2) is 18.3 Å². The van der Waals surface area contributed by atoms with Gasteiger partial charge in [0.15, 0.2) is 0 Å². The first-order valence-corrected chi connectivity index (χ1v) is 7.30. The van der Waals surface area contributed by atoms with Crippen LogP contribution in [0, 0.1) is 16.3 Å².